The normalized spacial score (nSPS) is 14.0. The molecule has 0 saturated heterocycles. The Kier molecular flexibility index (Phi) is 5.17. The van der Waals surface area contributed by atoms with Gasteiger partial charge in [-0.05, 0) is 23.8 Å². The van der Waals surface area contributed by atoms with Crippen molar-refractivity contribution in [3.8, 4) is 0 Å². The second-order valence-corrected chi connectivity index (χ2v) is 2.59. The third kappa shape index (κ3) is 4.37. The van der Waals surface area contributed by atoms with Crippen LogP contribution in [0.2, 0.25) is 0 Å². The molecule has 0 saturated carbocycles. The van der Waals surface area contributed by atoms with Gasteiger partial charge in [-0.25, -0.2) is 0 Å². The summed E-state index contributed by atoms with van der Waals surface area (Å²) in [5, 5.41) is 0. The van der Waals surface area contributed by atoms with Gasteiger partial charge in [-0.1, -0.05) is 19.9 Å². The van der Waals surface area contributed by atoms with Crippen LogP contribution < -0.4 is 5.73 Å². The molecule has 2 heteroatoms. The van der Waals surface area contributed by atoms with Gasteiger partial charge in [0.2, 0.25) is 0 Å². The van der Waals surface area contributed by atoms with E-state index in [1.807, 2.05) is 12.2 Å². The topological polar surface area (TPSA) is 38.4 Å². The Balaban J connectivity index is 4.10. The van der Waals surface area contributed by atoms with Crippen molar-refractivity contribution in [2.75, 3.05) is 7.05 Å². The summed E-state index contributed by atoms with van der Waals surface area (Å²) >= 11 is 0. The quantitative estimate of drug-likeness (QED) is 0.485. The largest absolute Gasteiger partial charge is 0.404 e. The molecule has 11 heavy (non-hydrogen) atoms. The molecule has 0 atom stereocenters. The molecule has 0 aliphatic rings. The first-order chi connectivity index (χ1) is 5.22. The van der Waals surface area contributed by atoms with Gasteiger partial charge in [0.15, 0.2) is 0 Å². The van der Waals surface area contributed by atoms with Crippen LogP contribution in [0.5, 0.6) is 0 Å². The summed E-state index contributed by atoms with van der Waals surface area (Å²) < 4.78 is 0. The predicted octanol–water partition coefficient (Wildman–Crippen LogP) is 1.74. The summed E-state index contributed by atoms with van der Waals surface area (Å²) in [6.07, 6.45) is 7.23. The van der Waals surface area contributed by atoms with E-state index in [-0.39, 0.29) is 0 Å². The summed E-state index contributed by atoms with van der Waals surface area (Å²) in [5.74, 6) is 0.474. The van der Waals surface area contributed by atoms with Gasteiger partial charge in [-0.2, -0.15) is 0 Å². The Hall–Kier alpha value is -1.05. The fraction of sp³-hybridized carbons (Fsp3) is 0.444. The van der Waals surface area contributed by atoms with Crippen LogP contribution in [0.25, 0.3) is 0 Å². The Bertz CT molecular complexity index is 176. The van der Waals surface area contributed by atoms with Crippen molar-refractivity contribution in [2.45, 2.75) is 13.8 Å². The molecule has 0 aromatic rings. The van der Waals surface area contributed by atoms with Gasteiger partial charge in [0.25, 0.3) is 0 Å². The van der Waals surface area contributed by atoms with E-state index in [2.05, 4.69) is 18.8 Å². The lowest BCUT2D eigenvalue weighted by Gasteiger charge is -2.02. The molecule has 0 aromatic heterocycles. The van der Waals surface area contributed by atoms with Crippen molar-refractivity contribution in [3.05, 3.63) is 23.9 Å². The molecular formula is C9H16N2. The number of allylic oxidation sites excluding steroid dienone is 3. The maximum absolute atomic E-state index is 5.40. The average Bonchev–Trinajstić information content (AvgIpc) is 1.97. The minimum absolute atomic E-state index is 0.474. The zero-order valence-corrected chi connectivity index (χ0v) is 7.41. The minimum Gasteiger partial charge on any atom is -0.404 e. The molecule has 2 N–H and O–H groups in total. The van der Waals surface area contributed by atoms with Gasteiger partial charge in [0.1, 0.15) is 0 Å². The van der Waals surface area contributed by atoms with Crippen molar-refractivity contribution in [1.82, 2.24) is 0 Å². The SMILES string of the molecule is CN=C/C=C\C(=C\N)C(C)C. The highest BCUT2D eigenvalue weighted by Gasteiger charge is 1.95. The maximum Gasteiger partial charge on any atom is 0.0277 e. The highest BCUT2D eigenvalue weighted by molar-refractivity contribution is 5.71. The molecular weight excluding hydrogens is 136 g/mol. The van der Waals surface area contributed by atoms with Crippen LogP contribution in [0.15, 0.2) is 28.9 Å². The molecule has 2 nitrogen and oxygen atoms in total. The molecule has 0 bridgehead atoms. The van der Waals surface area contributed by atoms with Crippen molar-refractivity contribution >= 4 is 6.21 Å². The second-order valence-electron chi connectivity index (χ2n) is 2.59. The first-order valence-electron chi connectivity index (χ1n) is 3.73. The summed E-state index contributed by atoms with van der Waals surface area (Å²) in [7, 11) is 1.74. The van der Waals surface area contributed by atoms with E-state index in [9.17, 15) is 0 Å². The fourth-order valence-electron chi connectivity index (χ4n) is 0.681. The highest BCUT2D eigenvalue weighted by atomic mass is 14.6. The molecule has 0 unspecified atom stereocenters. The van der Waals surface area contributed by atoms with Crippen molar-refractivity contribution < 1.29 is 0 Å². The molecule has 0 spiro atoms. The van der Waals surface area contributed by atoms with Gasteiger partial charge in [-0.3, -0.25) is 4.99 Å². The van der Waals surface area contributed by atoms with Crippen LogP contribution >= 0.6 is 0 Å². The average molecular weight is 152 g/mol. The first-order valence-corrected chi connectivity index (χ1v) is 3.73. The molecule has 0 aliphatic heterocycles. The highest BCUT2D eigenvalue weighted by Crippen LogP contribution is 2.08. The van der Waals surface area contributed by atoms with E-state index in [1.54, 1.807) is 19.5 Å². The number of hydrogen-bond donors (Lipinski definition) is 1. The van der Waals surface area contributed by atoms with Crippen LogP contribution in [0.3, 0.4) is 0 Å². The summed E-state index contributed by atoms with van der Waals surface area (Å²) in [4.78, 5) is 3.82. The lowest BCUT2D eigenvalue weighted by molar-refractivity contribution is 0.788. The number of hydrogen-bond acceptors (Lipinski definition) is 2. The van der Waals surface area contributed by atoms with Crippen molar-refractivity contribution in [2.24, 2.45) is 16.6 Å². The molecule has 0 amide bonds. The number of nitrogens with zero attached hydrogens (tertiary/aromatic N) is 1. The molecule has 0 heterocycles. The molecule has 0 aliphatic carbocycles. The van der Waals surface area contributed by atoms with Crippen LogP contribution in [0.1, 0.15) is 13.8 Å². The smallest absolute Gasteiger partial charge is 0.0277 e. The maximum atomic E-state index is 5.40. The second kappa shape index (κ2) is 5.71. The lowest BCUT2D eigenvalue weighted by atomic mass is 10.0. The van der Waals surface area contributed by atoms with Crippen LogP contribution in [-0.4, -0.2) is 13.3 Å². The third-order valence-electron chi connectivity index (χ3n) is 1.38. The van der Waals surface area contributed by atoms with Crippen LogP contribution in [-0.2, 0) is 0 Å². The molecule has 62 valence electrons. The van der Waals surface area contributed by atoms with Gasteiger partial charge in [0, 0.05) is 13.3 Å². The van der Waals surface area contributed by atoms with E-state index in [1.165, 1.54) is 0 Å². The summed E-state index contributed by atoms with van der Waals surface area (Å²) in [5.41, 5.74) is 6.53. The Morgan fingerprint density at radius 1 is 1.45 bits per heavy atom. The number of nitrogens with two attached hydrogens (primary N) is 1. The third-order valence-corrected chi connectivity index (χ3v) is 1.38. The minimum atomic E-state index is 0.474. The van der Waals surface area contributed by atoms with E-state index in [0.29, 0.717) is 5.92 Å². The van der Waals surface area contributed by atoms with E-state index in [4.69, 9.17) is 5.73 Å². The Morgan fingerprint density at radius 2 is 2.09 bits per heavy atom. The van der Waals surface area contributed by atoms with E-state index < -0.39 is 0 Å². The standard InChI is InChI=1S/C9H16N2/c1-8(2)9(7-10)5-4-6-11-3/h4-8H,10H2,1-3H3/b5-4-,9-7-,11-6?. The predicted molar refractivity (Wildman–Crippen MR) is 50.7 cm³/mol. The Labute approximate surface area is 68.5 Å². The van der Waals surface area contributed by atoms with Crippen molar-refractivity contribution in [3.63, 3.8) is 0 Å². The van der Waals surface area contributed by atoms with E-state index in [0.717, 1.165) is 5.57 Å². The number of rotatable bonds is 3. The Morgan fingerprint density at radius 3 is 2.45 bits per heavy atom. The molecule has 0 radical (unpaired) electrons. The van der Waals surface area contributed by atoms with Gasteiger partial charge in [0.05, 0.1) is 0 Å². The van der Waals surface area contributed by atoms with Gasteiger partial charge < -0.3 is 5.73 Å². The molecule has 0 aromatic carbocycles. The molecule has 0 fully saturated rings. The van der Waals surface area contributed by atoms with Gasteiger partial charge >= 0.3 is 0 Å². The summed E-state index contributed by atoms with van der Waals surface area (Å²) in [6.45, 7) is 4.21. The fourth-order valence-corrected chi connectivity index (χ4v) is 0.681. The number of aliphatic imine (C=N–C) groups is 1. The zero-order chi connectivity index (χ0) is 8.69. The lowest BCUT2D eigenvalue weighted by Crippen LogP contribution is -1.94. The summed E-state index contributed by atoms with van der Waals surface area (Å²) in [6, 6.07) is 0. The molecule has 0 rings (SSSR count). The van der Waals surface area contributed by atoms with Gasteiger partial charge in [-0.15, -0.1) is 0 Å². The van der Waals surface area contributed by atoms with Crippen LogP contribution in [0.4, 0.5) is 0 Å². The monoisotopic (exact) mass is 152 g/mol. The first kappa shape index (κ1) is 9.95. The van der Waals surface area contributed by atoms with E-state index >= 15 is 0 Å². The zero-order valence-electron chi connectivity index (χ0n) is 7.41. The van der Waals surface area contributed by atoms with Crippen molar-refractivity contribution in [1.29, 1.82) is 0 Å². The van der Waals surface area contributed by atoms with Crippen LogP contribution in [0, 0.1) is 5.92 Å².